The fraction of sp³-hybridized carbons (Fsp3) is 0.688. The molecule has 6 heteroatoms. The van der Waals surface area contributed by atoms with Gasteiger partial charge in [0, 0.05) is 12.0 Å². The molecule has 0 fully saturated rings. The number of hydrogen-bond donors (Lipinski definition) is 0. The first kappa shape index (κ1) is 15.6. The maximum atomic E-state index is 12.7. The first-order valence-corrected chi connectivity index (χ1v) is 8.60. The van der Waals surface area contributed by atoms with Crippen LogP contribution in [0.5, 0.6) is 0 Å². The second-order valence-corrected chi connectivity index (χ2v) is 8.18. The van der Waals surface area contributed by atoms with E-state index in [4.69, 9.17) is 4.74 Å². The van der Waals surface area contributed by atoms with Crippen LogP contribution in [0.1, 0.15) is 37.6 Å². The minimum Gasteiger partial charge on any atom is -0.383 e. The number of rotatable bonds is 3. The van der Waals surface area contributed by atoms with Gasteiger partial charge in [-0.3, -0.25) is 4.79 Å². The van der Waals surface area contributed by atoms with E-state index in [0.29, 0.717) is 24.5 Å². The van der Waals surface area contributed by atoms with E-state index in [1.165, 1.54) is 15.1 Å². The highest BCUT2D eigenvalue weighted by molar-refractivity contribution is 7.18. The summed E-state index contributed by atoms with van der Waals surface area (Å²) < 4.78 is 6.46. The van der Waals surface area contributed by atoms with Crippen molar-refractivity contribution in [2.24, 2.45) is 11.3 Å². The molecular weight excluding hydrogens is 298 g/mol. The second-order valence-electron chi connectivity index (χ2n) is 7.10. The van der Waals surface area contributed by atoms with E-state index in [-0.39, 0.29) is 5.56 Å². The molecule has 3 rings (SSSR count). The Morgan fingerprint density at radius 3 is 2.86 bits per heavy atom. The Bertz CT molecular complexity index is 742. The van der Waals surface area contributed by atoms with Crippen LogP contribution >= 0.6 is 11.3 Å². The summed E-state index contributed by atoms with van der Waals surface area (Å²) in [4.78, 5) is 14.8. The zero-order valence-corrected chi connectivity index (χ0v) is 14.5. The van der Waals surface area contributed by atoms with Crippen molar-refractivity contribution in [2.75, 3.05) is 13.7 Å². The molecule has 2 heterocycles. The van der Waals surface area contributed by atoms with Gasteiger partial charge >= 0.3 is 0 Å². The molecule has 0 saturated carbocycles. The lowest BCUT2D eigenvalue weighted by Gasteiger charge is -2.33. The Morgan fingerprint density at radius 1 is 1.41 bits per heavy atom. The summed E-state index contributed by atoms with van der Waals surface area (Å²) in [5.41, 5.74) is 1.50. The molecule has 1 unspecified atom stereocenters. The van der Waals surface area contributed by atoms with Crippen LogP contribution in [0.2, 0.25) is 0 Å². The van der Waals surface area contributed by atoms with Crippen LogP contribution in [0.3, 0.4) is 0 Å². The minimum atomic E-state index is -0.0197. The Kier molecular flexibility index (Phi) is 4.07. The smallest absolute Gasteiger partial charge is 0.278 e. The topological polar surface area (TPSA) is 57.0 Å². The molecule has 2 aromatic heterocycles. The Labute approximate surface area is 134 Å². The van der Waals surface area contributed by atoms with Crippen molar-refractivity contribution in [3.05, 3.63) is 20.8 Å². The van der Waals surface area contributed by atoms with Gasteiger partial charge in [-0.15, -0.1) is 16.4 Å². The monoisotopic (exact) mass is 321 g/mol. The largest absolute Gasteiger partial charge is 0.383 e. The third kappa shape index (κ3) is 2.70. The zero-order chi connectivity index (χ0) is 15.9. The summed E-state index contributed by atoms with van der Waals surface area (Å²) in [6.07, 6.45) is 3.17. The molecule has 1 aliphatic carbocycles. The molecule has 0 bridgehead atoms. The molecule has 5 nitrogen and oxygen atoms in total. The molecule has 2 aromatic rings. The number of methoxy groups -OCH3 is 1. The second kappa shape index (κ2) is 5.74. The lowest BCUT2D eigenvalue weighted by atomic mass is 9.72. The maximum Gasteiger partial charge on any atom is 0.278 e. The van der Waals surface area contributed by atoms with Crippen LogP contribution in [-0.2, 0) is 24.1 Å². The molecule has 0 amide bonds. The summed E-state index contributed by atoms with van der Waals surface area (Å²) in [5.74, 6) is 0.664. The third-order valence-electron chi connectivity index (χ3n) is 4.67. The van der Waals surface area contributed by atoms with Gasteiger partial charge in [0.15, 0.2) is 4.83 Å². The lowest BCUT2D eigenvalue weighted by Crippen LogP contribution is -2.28. The predicted octanol–water partition coefficient (Wildman–Crippen LogP) is 2.65. The molecule has 1 atom stereocenters. The Hall–Kier alpha value is -1.27. The summed E-state index contributed by atoms with van der Waals surface area (Å²) >= 11 is 1.65. The van der Waals surface area contributed by atoms with E-state index in [1.54, 1.807) is 18.4 Å². The fourth-order valence-electron chi connectivity index (χ4n) is 3.19. The Balaban J connectivity index is 2.03. The first-order valence-electron chi connectivity index (χ1n) is 7.79. The van der Waals surface area contributed by atoms with E-state index >= 15 is 0 Å². The molecule has 0 aromatic carbocycles. The normalized spacial score (nSPS) is 18.6. The van der Waals surface area contributed by atoms with Gasteiger partial charge in [0.25, 0.3) is 5.56 Å². The predicted molar refractivity (Wildman–Crippen MR) is 88.5 cm³/mol. The van der Waals surface area contributed by atoms with Crippen molar-refractivity contribution in [2.45, 2.75) is 46.6 Å². The van der Waals surface area contributed by atoms with Crippen LogP contribution in [0.25, 0.3) is 10.2 Å². The highest BCUT2D eigenvalue weighted by atomic mass is 32.1. The van der Waals surface area contributed by atoms with Crippen molar-refractivity contribution in [1.82, 2.24) is 15.0 Å². The fourth-order valence-corrected chi connectivity index (χ4v) is 4.43. The molecule has 0 aliphatic heterocycles. The van der Waals surface area contributed by atoms with E-state index in [9.17, 15) is 4.79 Å². The van der Waals surface area contributed by atoms with Crippen LogP contribution in [0.15, 0.2) is 4.79 Å². The SMILES string of the molecule is COCCn1nnc2sc3c(c2c1=O)CCC(C(C)(C)C)C3. The molecule has 0 radical (unpaired) electrons. The number of nitrogens with zero attached hydrogens (tertiary/aromatic N) is 3. The van der Waals surface area contributed by atoms with Crippen molar-refractivity contribution >= 4 is 21.6 Å². The molecule has 0 saturated heterocycles. The van der Waals surface area contributed by atoms with Crippen LogP contribution in [-0.4, -0.2) is 28.7 Å². The number of aromatic nitrogens is 3. The highest BCUT2D eigenvalue weighted by Gasteiger charge is 2.31. The molecule has 0 N–H and O–H groups in total. The third-order valence-corrected chi connectivity index (χ3v) is 5.81. The van der Waals surface area contributed by atoms with Gasteiger partial charge in [0.05, 0.1) is 18.5 Å². The number of fused-ring (bicyclic) bond motifs is 3. The standard InChI is InChI=1S/C16H23N3O2S/c1-16(2,3)10-5-6-11-12(9-10)22-14-13(11)15(20)19(18-17-14)7-8-21-4/h10H,5-9H2,1-4H3. The zero-order valence-electron chi connectivity index (χ0n) is 13.7. The summed E-state index contributed by atoms with van der Waals surface area (Å²) in [5, 5.41) is 9.09. The molecule has 0 spiro atoms. The minimum absolute atomic E-state index is 0.0197. The van der Waals surface area contributed by atoms with Crippen molar-refractivity contribution in [1.29, 1.82) is 0 Å². The van der Waals surface area contributed by atoms with Gasteiger partial charge in [-0.2, -0.15) is 0 Å². The van der Waals surface area contributed by atoms with Gasteiger partial charge < -0.3 is 4.74 Å². The Morgan fingerprint density at radius 2 is 2.18 bits per heavy atom. The maximum absolute atomic E-state index is 12.7. The van der Waals surface area contributed by atoms with E-state index in [2.05, 4.69) is 31.1 Å². The highest BCUT2D eigenvalue weighted by Crippen LogP contribution is 2.41. The van der Waals surface area contributed by atoms with Gasteiger partial charge in [-0.1, -0.05) is 26.0 Å². The number of thiophene rings is 1. The summed E-state index contributed by atoms with van der Waals surface area (Å²) in [6, 6.07) is 0. The van der Waals surface area contributed by atoms with E-state index in [0.717, 1.165) is 29.5 Å². The number of aryl methyl sites for hydroxylation is 1. The molecule has 120 valence electrons. The summed E-state index contributed by atoms with van der Waals surface area (Å²) in [6.45, 7) is 7.82. The quantitative estimate of drug-likeness (QED) is 0.872. The van der Waals surface area contributed by atoms with Crippen molar-refractivity contribution < 1.29 is 4.74 Å². The van der Waals surface area contributed by atoms with E-state index < -0.39 is 0 Å². The van der Waals surface area contributed by atoms with Gasteiger partial charge in [-0.05, 0) is 36.2 Å². The number of hydrogen-bond acceptors (Lipinski definition) is 5. The van der Waals surface area contributed by atoms with Crippen LogP contribution < -0.4 is 5.56 Å². The van der Waals surface area contributed by atoms with Gasteiger partial charge in [-0.25, -0.2) is 4.68 Å². The molecule has 22 heavy (non-hydrogen) atoms. The van der Waals surface area contributed by atoms with E-state index in [1.807, 2.05) is 0 Å². The van der Waals surface area contributed by atoms with Crippen LogP contribution in [0.4, 0.5) is 0 Å². The molecular formula is C16H23N3O2S. The van der Waals surface area contributed by atoms with Gasteiger partial charge in [0.2, 0.25) is 0 Å². The van der Waals surface area contributed by atoms with Crippen molar-refractivity contribution in [3.63, 3.8) is 0 Å². The molecule has 1 aliphatic rings. The average Bonchev–Trinajstić information content (AvgIpc) is 2.84. The number of ether oxygens (including phenoxy) is 1. The lowest BCUT2D eigenvalue weighted by molar-refractivity contribution is 0.181. The van der Waals surface area contributed by atoms with Crippen LogP contribution in [0, 0.1) is 11.3 Å². The average molecular weight is 321 g/mol. The first-order chi connectivity index (χ1) is 10.4. The van der Waals surface area contributed by atoms with Crippen molar-refractivity contribution in [3.8, 4) is 0 Å². The summed E-state index contributed by atoms with van der Waals surface area (Å²) in [7, 11) is 1.62. The van der Waals surface area contributed by atoms with Gasteiger partial charge in [0.1, 0.15) is 0 Å².